The van der Waals surface area contributed by atoms with Crippen molar-refractivity contribution >= 4 is 10.0 Å². The molecule has 0 bridgehead atoms. The molecule has 0 unspecified atom stereocenters. The Labute approximate surface area is 100 Å². The molecule has 1 aromatic rings. The van der Waals surface area contributed by atoms with Gasteiger partial charge in [-0.25, -0.2) is 13.6 Å². The summed E-state index contributed by atoms with van der Waals surface area (Å²) in [5, 5.41) is 7.94. The van der Waals surface area contributed by atoms with Crippen LogP contribution in [-0.2, 0) is 21.3 Å². The third-order valence-corrected chi connectivity index (χ3v) is 3.45. The fourth-order valence-corrected chi connectivity index (χ4v) is 2.13. The van der Waals surface area contributed by atoms with Crippen molar-refractivity contribution in [3.63, 3.8) is 0 Å². The minimum Gasteiger partial charge on any atom is -0.447 e. The molecule has 1 aliphatic heterocycles. The molecule has 1 aromatic heterocycles. The zero-order valence-corrected chi connectivity index (χ0v) is 10.4. The number of ether oxygens (including phenoxy) is 1. The molecule has 17 heavy (non-hydrogen) atoms. The highest BCUT2D eigenvalue weighted by Gasteiger charge is 2.32. The lowest BCUT2D eigenvalue weighted by atomic mass is 9.89. The van der Waals surface area contributed by atoms with Gasteiger partial charge in [0.05, 0.1) is 19.8 Å². The molecule has 0 aromatic carbocycles. The van der Waals surface area contributed by atoms with Gasteiger partial charge >= 0.3 is 0 Å². The van der Waals surface area contributed by atoms with Gasteiger partial charge in [0.25, 0.3) is 10.0 Å². The Hall–Kier alpha value is -0.890. The molecule has 0 saturated carbocycles. The van der Waals surface area contributed by atoms with E-state index in [4.69, 9.17) is 14.3 Å². The summed E-state index contributed by atoms with van der Waals surface area (Å²) in [5.74, 6) is 0.554. The van der Waals surface area contributed by atoms with E-state index in [1.54, 1.807) is 6.07 Å². The number of nitrogens with one attached hydrogen (secondary N) is 1. The molecule has 1 aliphatic rings. The second kappa shape index (κ2) is 4.41. The summed E-state index contributed by atoms with van der Waals surface area (Å²) in [6.07, 6.45) is 0. The maximum Gasteiger partial charge on any atom is 0.271 e. The van der Waals surface area contributed by atoms with Crippen molar-refractivity contribution in [3.05, 3.63) is 17.9 Å². The molecule has 6 nitrogen and oxygen atoms in total. The van der Waals surface area contributed by atoms with Crippen molar-refractivity contribution < 1.29 is 17.6 Å². The van der Waals surface area contributed by atoms with Gasteiger partial charge in [-0.3, -0.25) is 0 Å². The molecule has 0 radical (unpaired) electrons. The van der Waals surface area contributed by atoms with Crippen LogP contribution >= 0.6 is 0 Å². The van der Waals surface area contributed by atoms with Gasteiger partial charge in [0.2, 0.25) is 5.09 Å². The molecule has 7 heteroatoms. The Balaban J connectivity index is 1.85. The van der Waals surface area contributed by atoms with Crippen molar-refractivity contribution in [1.82, 2.24) is 5.32 Å². The van der Waals surface area contributed by atoms with Crippen LogP contribution in [0.15, 0.2) is 21.6 Å². The quantitative estimate of drug-likeness (QED) is 0.780. The van der Waals surface area contributed by atoms with Crippen LogP contribution in [0.5, 0.6) is 0 Å². The molecule has 2 rings (SSSR count). The van der Waals surface area contributed by atoms with Crippen LogP contribution in [0, 0.1) is 5.41 Å². The first-order chi connectivity index (χ1) is 7.89. The summed E-state index contributed by atoms with van der Waals surface area (Å²) in [4.78, 5) is 0. The Morgan fingerprint density at radius 1 is 1.47 bits per heavy atom. The van der Waals surface area contributed by atoms with E-state index < -0.39 is 10.0 Å². The van der Waals surface area contributed by atoms with E-state index in [0.29, 0.717) is 12.3 Å². The van der Waals surface area contributed by atoms with Crippen LogP contribution in [-0.4, -0.2) is 28.2 Å². The average Bonchev–Trinajstić information content (AvgIpc) is 2.63. The smallest absolute Gasteiger partial charge is 0.271 e. The van der Waals surface area contributed by atoms with Crippen molar-refractivity contribution in [2.75, 3.05) is 19.8 Å². The van der Waals surface area contributed by atoms with Gasteiger partial charge in [-0.05, 0) is 12.1 Å². The van der Waals surface area contributed by atoms with Crippen molar-refractivity contribution in [3.8, 4) is 0 Å². The molecular formula is C10H16N2O4S. The standard InChI is InChI=1S/C10H16N2O4S/c1-10(6-15-7-10)5-12-4-8-2-3-9(16-8)17(11,13)14/h2-3,12H,4-7H2,1H3,(H2,11,13,14). The highest BCUT2D eigenvalue weighted by molar-refractivity contribution is 7.89. The predicted octanol–water partition coefficient (Wildman–Crippen LogP) is 0.0531. The zero-order valence-electron chi connectivity index (χ0n) is 9.60. The second-order valence-corrected chi connectivity index (χ2v) is 6.17. The Bertz CT molecular complexity index is 490. The Morgan fingerprint density at radius 3 is 2.65 bits per heavy atom. The molecule has 3 N–H and O–H groups in total. The number of primary sulfonamides is 1. The van der Waals surface area contributed by atoms with Crippen molar-refractivity contribution in [2.24, 2.45) is 10.6 Å². The summed E-state index contributed by atoms with van der Waals surface area (Å²) >= 11 is 0. The number of hydrogen-bond acceptors (Lipinski definition) is 5. The lowest BCUT2D eigenvalue weighted by Gasteiger charge is -2.38. The van der Waals surface area contributed by atoms with E-state index in [9.17, 15) is 8.42 Å². The minimum atomic E-state index is -3.74. The molecule has 0 spiro atoms. The first-order valence-electron chi connectivity index (χ1n) is 5.29. The number of furan rings is 1. The monoisotopic (exact) mass is 260 g/mol. The Morgan fingerprint density at radius 2 is 2.18 bits per heavy atom. The molecular weight excluding hydrogens is 244 g/mol. The van der Waals surface area contributed by atoms with Gasteiger partial charge in [0.15, 0.2) is 0 Å². The Kier molecular flexibility index (Phi) is 3.26. The first kappa shape index (κ1) is 12.6. The summed E-state index contributed by atoms with van der Waals surface area (Å²) < 4.78 is 32.2. The van der Waals surface area contributed by atoms with Crippen LogP contribution in [0.4, 0.5) is 0 Å². The molecule has 1 saturated heterocycles. The summed E-state index contributed by atoms with van der Waals surface area (Å²) in [7, 11) is -3.74. The fourth-order valence-electron chi connectivity index (χ4n) is 1.65. The maximum absolute atomic E-state index is 11.0. The third kappa shape index (κ3) is 3.06. The lowest BCUT2D eigenvalue weighted by Crippen LogP contribution is -2.47. The van der Waals surface area contributed by atoms with Crippen LogP contribution in [0.25, 0.3) is 0 Å². The summed E-state index contributed by atoms with van der Waals surface area (Å²) in [6, 6.07) is 2.97. The predicted molar refractivity (Wildman–Crippen MR) is 60.7 cm³/mol. The van der Waals surface area contributed by atoms with Crippen molar-refractivity contribution in [1.29, 1.82) is 0 Å². The van der Waals surface area contributed by atoms with Gasteiger partial charge in [-0.1, -0.05) is 6.92 Å². The lowest BCUT2D eigenvalue weighted by molar-refractivity contribution is -0.0992. The van der Waals surface area contributed by atoms with Gasteiger partial charge in [0.1, 0.15) is 5.76 Å². The van der Waals surface area contributed by atoms with E-state index >= 15 is 0 Å². The maximum atomic E-state index is 11.0. The number of rotatable bonds is 5. The summed E-state index contributed by atoms with van der Waals surface area (Å²) in [6.45, 7) is 4.91. The number of hydrogen-bond donors (Lipinski definition) is 2. The van der Waals surface area contributed by atoms with Gasteiger partial charge in [-0.2, -0.15) is 0 Å². The van der Waals surface area contributed by atoms with E-state index in [-0.39, 0.29) is 10.5 Å². The summed E-state index contributed by atoms with van der Waals surface area (Å²) in [5.41, 5.74) is 0.176. The molecule has 0 amide bonds. The number of nitrogens with two attached hydrogens (primary N) is 1. The SMILES string of the molecule is CC1(CNCc2ccc(S(N)(=O)=O)o2)COC1. The molecule has 0 atom stereocenters. The van der Waals surface area contributed by atoms with Gasteiger partial charge in [0, 0.05) is 12.0 Å². The molecule has 0 aliphatic carbocycles. The minimum absolute atomic E-state index is 0.176. The average molecular weight is 260 g/mol. The molecule has 1 fully saturated rings. The van der Waals surface area contributed by atoms with E-state index in [0.717, 1.165) is 19.8 Å². The second-order valence-electron chi connectivity index (χ2n) is 4.67. The first-order valence-corrected chi connectivity index (χ1v) is 6.84. The number of sulfonamides is 1. The third-order valence-electron chi connectivity index (χ3n) is 2.67. The fraction of sp³-hybridized carbons (Fsp3) is 0.600. The van der Waals surface area contributed by atoms with E-state index in [2.05, 4.69) is 12.2 Å². The largest absolute Gasteiger partial charge is 0.447 e. The molecule has 2 heterocycles. The highest BCUT2D eigenvalue weighted by Crippen LogP contribution is 2.25. The zero-order chi connectivity index (χ0) is 12.5. The van der Waals surface area contributed by atoms with Crippen molar-refractivity contribution in [2.45, 2.75) is 18.6 Å². The van der Waals surface area contributed by atoms with E-state index in [1.807, 2.05) is 0 Å². The van der Waals surface area contributed by atoms with Gasteiger partial charge in [-0.15, -0.1) is 0 Å². The topological polar surface area (TPSA) is 94.6 Å². The molecule has 96 valence electrons. The van der Waals surface area contributed by atoms with Crippen LogP contribution < -0.4 is 10.5 Å². The van der Waals surface area contributed by atoms with Gasteiger partial charge < -0.3 is 14.5 Å². The van der Waals surface area contributed by atoms with E-state index in [1.165, 1.54) is 6.07 Å². The highest BCUT2D eigenvalue weighted by atomic mass is 32.2. The van der Waals surface area contributed by atoms with Crippen LogP contribution in [0.3, 0.4) is 0 Å². The van der Waals surface area contributed by atoms with Crippen LogP contribution in [0.1, 0.15) is 12.7 Å². The van der Waals surface area contributed by atoms with Crippen LogP contribution in [0.2, 0.25) is 0 Å². The normalized spacial score (nSPS) is 18.9.